The fourth-order valence-corrected chi connectivity index (χ4v) is 2.20. The second-order valence-corrected chi connectivity index (χ2v) is 4.67. The van der Waals surface area contributed by atoms with Gasteiger partial charge in [0, 0.05) is 30.4 Å². The lowest BCUT2D eigenvalue weighted by atomic mass is 10.1. The Morgan fingerprint density at radius 3 is 2.70 bits per heavy atom. The third-order valence-electron chi connectivity index (χ3n) is 3.18. The lowest BCUT2D eigenvalue weighted by molar-refractivity contribution is -0.385. The molecule has 1 aliphatic rings. The van der Waals surface area contributed by atoms with E-state index in [2.05, 4.69) is 10.6 Å². The number of hydrogen-bond acceptors (Lipinski definition) is 4. The van der Waals surface area contributed by atoms with Gasteiger partial charge in [-0.1, -0.05) is 0 Å². The van der Waals surface area contributed by atoms with E-state index in [1.165, 1.54) is 0 Å². The molecule has 1 unspecified atom stereocenters. The summed E-state index contributed by atoms with van der Waals surface area (Å²) in [6, 6.07) is 2.66. The van der Waals surface area contributed by atoms with E-state index in [0.29, 0.717) is 12.6 Å². The highest BCUT2D eigenvalue weighted by Gasteiger charge is 2.35. The lowest BCUT2D eigenvalue weighted by Crippen LogP contribution is -2.38. The molecule has 1 fully saturated rings. The molecule has 2 N–H and O–H groups in total. The van der Waals surface area contributed by atoms with Crippen molar-refractivity contribution in [3.05, 3.63) is 33.9 Å². The average molecular weight is 289 g/mol. The standard InChI is InChI=1S/C12H14F3N3O2/c13-12(14,15)10-6-9(18(19)20)3-4-11(10)17-8-2-1-5-16-7-8/h3-4,6,8,16-17H,1-2,5,7H2. The van der Waals surface area contributed by atoms with Crippen molar-refractivity contribution in [3.63, 3.8) is 0 Å². The van der Waals surface area contributed by atoms with Crippen LogP contribution in [0, 0.1) is 10.1 Å². The largest absolute Gasteiger partial charge is 0.418 e. The Morgan fingerprint density at radius 1 is 1.40 bits per heavy atom. The van der Waals surface area contributed by atoms with Crippen LogP contribution >= 0.6 is 0 Å². The van der Waals surface area contributed by atoms with Crippen LogP contribution < -0.4 is 10.6 Å². The first-order valence-corrected chi connectivity index (χ1v) is 6.21. The fourth-order valence-electron chi connectivity index (χ4n) is 2.20. The van der Waals surface area contributed by atoms with E-state index in [1.807, 2.05) is 0 Å². The van der Waals surface area contributed by atoms with Gasteiger partial charge in [0.05, 0.1) is 10.5 Å². The van der Waals surface area contributed by atoms with E-state index in [9.17, 15) is 23.3 Å². The number of nitrogens with one attached hydrogen (secondary N) is 2. The van der Waals surface area contributed by atoms with Gasteiger partial charge in [-0.3, -0.25) is 10.1 Å². The highest BCUT2D eigenvalue weighted by molar-refractivity contribution is 5.58. The summed E-state index contributed by atoms with van der Waals surface area (Å²) in [5.41, 5.74) is -1.68. The number of hydrogen-bond donors (Lipinski definition) is 2. The van der Waals surface area contributed by atoms with Gasteiger partial charge in [-0.05, 0) is 25.5 Å². The number of alkyl halides is 3. The van der Waals surface area contributed by atoms with Crippen molar-refractivity contribution >= 4 is 11.4 Å². The quantitative estimate of drug-likeness (QED) is 0.663. The molecule has 2 rings (SSSR count). The zero-order valence-corrected chi connectivity index (χ0v) is 10.5. The molecule has 0 spiro atoms. The van der Waals surface area contributed by atoms with Crippen LogP contribution in [0.4, 0.5) is 24.5 Å². The fraction of sp³-hybridized carbons (Fsp3) is 0.500. The van der Waals surface area contributed by atoms with Crippen LogP contribution in [0.25, 0.3) is 0 Å². The zero-order chi connectivity index (χ0) is 14.8. The van der Waals surface area contributed by atoms with Crippen LogP contribution in [0.2, 0.25) is 0 Å². The molecule has 0 amide bonds. The first kappa shape index (κ1) is 14.6. The van der Waals surface area contributed by atoms with Gasteiger partial charge >= 0.3 is 6.18 Å². The van der Waals surface area contributed by atoms with E-state index >= 15 is 0 Å². The molecule has 0 saturated carbocycles. The molecule has 0 aliphatic carbocycles. The molecular formula is C12H14F3N3O2. The first-order chi connectivity index (χ1) is 9.38. The van der Waals surface area contributed by atoms with Crippen LogP contribution in [0.3, 0.4) is 0 Å². The summed E-state index contributed by atoms with van der Waals surface area (Å²) < 4.78 is 38.9. The van der Waals surface area contributed by atoms with Crippen LogP contribution in [-0.4, -0.2) is 24.1 Å². The van der Waals surface area contributed by atoms with Crippen molar-refractivity contribution < 1.29 is 18.1 Å². The molecule has 1 aromatic rings. The molecule has 1 heterocycles. The number of nitrogens with zero attached hydrogens (tertiary/aromatic N) is 1. The Balaban J connectivity index is 2.28. The Morgan fingerprint density at radius 2 is 2.15 bits per heavy atom. The molecule has 1 saturated heterocycles. The molecule has 1 aliphatic heterocycles. The molecule has 0 aromatic heterocycles. The van der Waals surface area contributed by atoms with Gasteiger partial charge in [0.15, 0.2) is 0 Å². The van der Waals surface area contributed by atoms with Crippen molar-refractivity contribution in [2.45, 2.75) is 25.1 Å². The molecule has 1 aromatic carbocycles. The van der Waals surface area contributed by atoms with Crippen LogP contribution in [0.15, 0.2) is 18.2 Å². The van der Waals surface area contributed by atoms with Gasteiger partial charge in [-0.2, -0.15) is 13.2 Å². The molecule has 5 nitrogen and oxygen atoms in total. The number of halogens is 3. The number of non-ortho nitro benzene ring substituents is 1. The Hall–Kier alpha value is -1.83. The lowest BCUT2D eigenvalue weighted by Gasteiger charge is -2.26. The van der Waals surface area contributed by atoms with Crippen molar-refractivity contribution in [1.82, 2.24) is 5.32 Å². The molecule has 20 heavy (non-hydrogen) atoms. The number of piperidine rings is 1. The maximum Gasteiger partial charge on any atom is 0.418 e. The highest BCUT2D eigenvalue weighted by Crippen LogP contribution is 2.37. The average Bonchev–Trinajstić information content (AvgIpc) is 2.39. The van der Waals surface area contributed by atoms with Crippen LogP contribution in [0.5, 0.6) is 0 Å². The van der Waals surface area contributed by atoms with Gasteiger partial charge in [0.1, 0.15) is 0 Å². The minimum Gasteiger partial charge on any atom is -0.381 e. The molecular weight excluding hydrogens is 275 g/mol. The minimum atomic E-state index is -4.63. The summed E-state index contributed by atoms with van der Waals surface area (Å²) in [7, 11) is 0. The predicted octanol–water partition coefficient (Wildman–Crippen LogP) is 2.78. The molecule has 110 valence electrons. The van der Waals surface area contributed by atoms with Crippen LogP contribution in [-0.2, 0) is 6.18 Å². The summed E-state index contributed by atoms with van der Waals surface area (Å²) >= 11 is 0. The molecule has 1 atom stereocenters. The van der Waals surface area contributed by atoms with Gasteiger partial charge in [-0.25, -0.2) is 0 Å². The summed E-state index contributed by atoms with van der Waals surface area (Å²) in [5.74, 6) is 0. The van der Waals surface area contributed by atoms with Crippen molar-refractivity contribution in [3.8, 4) is 0 Å². The Bertz CT molecular complexity index is 499. The minimum absolute atomic E-state index is 0.105. The summed E-state index contributed by atoms with van der Waals surface area (Å²) in [6.07, 6.45) is -2.98. The SMILES string of the molecule is O=[N+]([O-])c1ccc(NC2CCCNC2)c(C(F)(F)F)c1. The van der Waals surface area contributed by atoms with E-state index in [-0.39, 0.29) is 11.7 Å². The van der Waals surface area contributed by atoms with Crippen molar-refractivity contribution in [2.75, 3.05) is 18.4 Å². The highest BCUT2D eigenvalue weighted by atomic mass is 19.4. The zero-order valence-electron chi connectivity index (χ0n) is 10.5. The normalized spacial score (nSPS) is 19.6. The Kier molecular flexibility index (Phi) is 4.12. The first-order valence-electron chi connectivity index (χ1n) is 6.21. The molecule has 0 bridgehead atoms. The number of nitro groups is 1. The predicted molar refractivity (Wildman–Crippen MR) is 67.6 cm³/mol. The van der Waals surface area contributed by atoms with E-state index in [1.54, 1.807) is 0 Å². The van der Waals surface area contributed by atoms with Crippen molar-refractivity contribution in [2.24, 2.45) is 0 Å². The van der Waals surface area contributed by atoms with E-state index in [0.717, 1.165) is 31.5 Å². The number of nitro benzene ring substituents is 1. The summed E-state index contributed by atoms with van der Waals surface area (Å²) in [6.45, 7) is 1.43. The topological polar surface area (TPSA) is 67.2 Å². The maximum atomic E-state index is 13.0. The third-order valence-corrected chi connectivity index (χ3v) is 3.18. The van der Waals surface area contributed by atoms with E-state index in [4.69, 9.17) is 0 Å². The number of benzene rings is 1. The number of anilines is 1. The maximum absolute atomic E-state index is 13.0. The van der Waals surface area contributed by atoms with E-state index < -0.39 is 22.4 Å². The monoisotopic (exact) mass is 289 g/mol. The van der Waals surface area contributed by atoms with Gasteiger partial charge in [-0.15, -0.1) is 0 Å². The van der Waals surface area contributed by atoms with Crippen molar-refractivity contribution in [1.29, 1.82) is 0 Å². The van der Waals surface area contributed by atoms with Gasteiger partial charge < -0.3 is 10.6 Å². The Labute approximate surface area is 113 Å². The summed E-state index contributed by atoms with van der Waals surface area (Å²) in [4.78, 5) is 9.76. The molecule has 0 radical (unpaired) electrons. The van der Waals surface area contributed by atoms with Gasteiger partial charge in [0.2, 0.25) is 0 Å². The third kappa shape index (κ3) is 3.38. The van der Waals surface area contributed by atoms with Gasteiger partial charge in [0.25, 0.3) is 5.69 Å². The molecule has 8 heteroatoms. The van der Waals surface area contributed by atoms with Crippen LogP contribution in [0.1, 0.15) is 18.4 Å². The second-order valence-electron chi connectivity index (χ2n) is 4.67. The number of rotatable bonds is 3. The second kappa shape index (κ2) is 5.66. The smallest absolute Gasteiger partial charge is 0.381 e. The summed E-state index contributed by atoms with van der Waals surface area (Å²) in [5, 5.41) is 16.5.